The number of carbonyl (C=O) groups is 1. The zero-order valence-electron chi connectivity index (χ0n) is 11.6. The first-order valence-corrected chi connectivity index (χ1v) is 6.71. The van der Waals surface area contributed by atoms with Gasteiger partial charge in [0.2, 0.25) is 5.91 Å². The molecule has 0 aromatic heterocycles. The third kappa shape index (κ3) is 6.29. The summed E-state index contributed by atoms with van der Waals surface area (Å²) in [7, 11) is 0. The molecular weight excluding hydrogens is 299 g/mol. The quantitative estimate of drug-likeness (QED) is 0.772. The van der Waals surface area contributed by atoms with Crippen LogP contribution in [-0.2, 0) is 9.53 Å². The Morgan fingerprint density at radius 3 is 3.00 bits per heavy atom. The largest absolute Gasteiger partial charge is 0.489 e. The zero-order valence-corrected chi connectivity index (χ0v) is 12.5. The molecular formula is C14H20ClFN2O3. The first-order chi connectivity index (χ1) is 9.75. The second-order valence-corrected chi connectivity index (χ2v) is 4.56. The summed E-state index contributed by atoms with van der Waals surface area (Å²) < 4.78 is 23.8. The minimum atomic E-state index is -0.401. The van der Waals surface area contributed by atoms with Crippen LogP contribution >= 0.6 is 12.4 Å². The lowest BCUT2D eigenvalue weighted by atomic mass is 10.2. The molecule has 1 amide bonds. The van der Waals surface area contributed by atoms with Crippen molar-refractivity contribution < 1.29 is 18.7 Å². The van der Waals surface area contributed by atoms with Crippen molar-refractivity contribution in [3.8, 4) is 5.75 Å². The van der Waals surface area contributed by atoms with Gasteiger partial charge in [-0.2, -0.15) is 0 Å². The van der Waals surface area contributed by atoms with Crippen LogP contribution in [0.1, 0.15) is 6.42 Å². The van der Waals surface area contributed by atoms with Crippen molar-refractivity contribution in [2.45, 2.75) is 12.5 Å². The van der Waals surface area contributed by atoms with E-state index in [0.29, 0.717) is 26.2 Å². The van der Waals surface area contributed by atoms with Crippen LogP contribution in [0.25, 0.3) is 0 Å². The first-order valence-electron chi connectivity index (χ1n) is 6.71. The summed E-state index contributed by atoms with van der Waals surface area (Å²) in [6.45, 7) is 2.60. The van der Waals surface area contributed by atoms with Crippen molar-refractivity contribution in [3.05, 3.63) is 30.1 Å². The van der Waals surface area contributed by atoms with Crippen LogP contribution in [0.5, 0.6) is 5.75 Å². The Morgan fingerprint density at radius 1 is 1.48 bits per heavy atom. The summed E-state index contributed by atoms with van der Waals surface area (Å²) in [6, 6.07) is 6.26. The van der Waals surface area contributed by atoms with Gasteiger partial charge in [0.25, 0.3) is 0 Å². The van der Waals surface area contributed by atoms with E-state index in [1.165, 1.54) is 6.07 Å². The fourth-order valence-electron chi connectivity index (χ4n) is 1.96. The molecule has 1 aliphatic rings. The number of benzene rings is 1. The van der Waals surface area contributed by atoms with Gasteiger partial charge in [-0.25, -0.2) is 4.39 Å². The third-order valence-corrected chi connectivity index (χ3v) is 2.95. The van der Waals surface area contributed by atoms with Gasteiger partial charge in [-0.05, 0) is 12.1 Å². The molecule has 0 radical (unpaired) electrons. The van der Waals surface area contributed by atoms with Crippen molar-refractivity contribution >= 4 is 18.3 Å². The van der Waals surface area contributed by atoms with E-state index in [-0.39, 0.29) is 36.7 Å². The maximum atomic E-state index is 13.2. The van der Waals surface area contributed by atoms with E-state index in [2.05, 4.69) is 10.6 Å². The Labute approximate surface area is 129 Å². The third-order valence-electron chi connectivity index (χ3n) is 2.95. The maximum Gasteiger partial charge on any atom is 0.221 e. The molecule has 1 unspecified atom stereocenters. The van der Waals surface area contributed by atoms with Crippen LogP contribution in [0.15, 0.2) is 24.3 Å². The molecule has 7 heteroatoms. The summed E-state index contributed by atoms with van der Waals surface area (Å²) in [5, 5.41) is 5.94. The van der Waals surface area contributed by atoms with Gasteiger partial charge >= 0.3 is 0 Å². The number of halogens is 2. The van der Waals surface area contributed by atoms with E-state index in [9.17, 15) is 9.18 Å². The molecule has 1 saturated heterocycles. The molecule has 0 spiro atoms. The Morgan fingerprint density at radius 2 is 2.29 bits per heavy atom. The summed E-state index contributed by atoms with van der Waals surface area (Å²) in [5.41, 5.74) is 0. The van der Waals surface area contributed by atoms with Crippen LogP contribution in [0.4, 0.5) is 4.39 Å². The molecule has 1 aromatic carbocycles. The van der Waals surface area contributed by atoms with Crippen LogP contribution in [-0.4, -0.2) is 44.9 Å². The SMILES string of the molecule is Cl.O=C(CC1COCCN1)NCCOc1ccccc1F. The molecule has 118 valence electrons. The molecule has 0 saturated carbocycles. The Bertz CT molecular complexity index is 442. The smallest absolute Gasteiger partial charge is 0.221 e. The summed E-state index contributed by atoms with van der Waals surface area (Å²) in [4.78, 5) is 11.7. The molecule has 1 atom stereocenters. The minimum Gasteiger partial charge on any atom is -0.489 e. The number of amides is 1. The highest BCUT2D eigenvalue weighted by molar-refractivity contribution is 5.85. The van der Waals surface area contributed by atoms with Crippen LogP contribution in [0.2, 0.25) is 0 Å². The Balaban J connectivity index is 0.00000220. The number of hydrogen-bond donors (Lipinski definition) is 2. The highest BCUT2D eigenvalue weighted by atomic mass is 35.5. The van der Waals surface area contributed by atoms with Gasteiger partial charge in [-0.15, -0.1) is 12.4 Å². The number of para-hydroxylation sites is 1. The molecule has 1 aliphatic heterocycles. The van der Waals surface area contributed by atoms with Crippen LogP contribution in [0.3, 0.4) is 0 Å². The molecule has 2 N–H and O–H groups in total. The van der Waals surface area contributed by atoms with E-state index in [4.69, 9.17) is 9.47 Å². The average molecular weight is 319 g/mol. The van der Waals surface area contributed by atoms with Crippen molar-refractivity contribution in [1.82, 2.24) is 10.6 Å². The predicted octanol–water partition coefficient (Wildman–Crippen LogP) is 1.12. The summed E-state index contributed by atoms with van der Waals surface area (Å²) in [5.74, 6) is -0.267. The number of nitrogens with one attached hydrogen (secondary N) is 2. The van der Waals surface area contributed by atoms with E-state index in [1.807, 2.05) is 0 Å². The first kappa shape index (κ1) is 17.7. The number of carbonyl (C=O) groups excluding carboxylic acids is 1. The molecule has 1 fully saturated rings. The minimum absolute atomic E-state index is 0. The van der Waals surface area contributed by atoms with E-state index in [1.54, 1.807) is 18.2 Å². The fraction of sp³-hybridized carbons (Fsp3) is 0.500. The molecule has 2 rings (SSSR count). The Hall–Kier alpha value is -1.37. The number of hydrogen-bond acceptors (Lipinski definition) is 4. The standard InChI is InChI=1S/C14H19FN2O3.ClH/c15-12-3-1-2-4-13(12)20-8-6-17-14(18)9-11-10-19-7-5-16-11;/h1-4,11,16H,5-10H2,(H,17,18);1H. The van der Waals surface area contributed by atoms with Gasteiger partial charge in [-0.1, -0.05) is 12.1 Å². The van der Waals surface area contributed by atoms with Gasteiger partial charge < -0.3 is 20.1 Å². The lowest BCUT2D eigenvalue weighted by molar-refractivity contribution is -0.122. The van der Waals surface area contributed by atoms with Crippen LogP contribution in [0, 0.1) is 5.82 Å². The van der Waals surface area contributed by atoms with E-state index >= 15 is 0 Å². The maximum absolute atomic E-state index is 13.2. The van der Waals surface area contributed by atoms with Crippen molar-refractivity contribution in [2.75, 3.05) is 32.9 Å². The van der Waals surface area contributed by atoms with Crippen molar-refractivity contribution in [2.24, 2.45) is 0 Å². The highest BCUT2D eigenvalue weighted by Gasteiger charge is 2.16. The van der Waals surface area contributed by atoms with Crippen molar-refractivity contribution in [1.29, 1.82) is 0 Å². The summed E-state index contributed by atoms with van der Waals surface area (Å²) >= 11 is 0. The van der Waals surface area contributed by atoms with Gasteiger partial charge in [0.1, 0.15) is 6.61 Å². The van der Waals surface area contributed by atoms with E-state index in [0.717, 1.165) is 6.54 Å². The van der Waals surface area contributed by atoms with Crippen molar-refractivity contribution in [3.63, 3.8) is 0 Å². The topological polar surface area (TPSA) is 59.6 Å². The normalized spacial score (nSPS) is 17.7. The fourth-order valence-corrected chi connectivity index (χ4v) is 1.96. The second kappa shape index (κ2) is 9.55. The number of morpholine rings is 1. The monoisotopic (exact) mass is 318 g/mol. The molecule has 0 bridgehead atoms. The summed E-state index contributed by atoms with van der Waals surface area (Å²) in [6.07, 6.45) is 0.375. The number of ether oxygens (including phenoxy) is 2. The van der Waals surface area contributed by atoms with Crippen LogP contribution < -0.4 is 15.4 Å². The molecule has 1 heterocycles. The van der Waals surface area contributed by atoms with Gasteiger partial charge in [0, 0.05) is 19.0 Å². The number of rotatable bonds is 6. The molecule has 21 heavy (non-hydrogen) atoms. The second-order valence-electron chi connectivity index (χ2n) is 4.56. The van der Waals surface area contributed by atoms with Gasteiger partial charge in [0.05, 0.1) is 19.8 Å². The van der Waals surface area contributed by atoms with Gasteiger partial charge in [-0.3, -0.25) is 4.79 Å². The Kier molecular flexibility index (Phi) is 8.04. The molecule has 5 nitrogen and oxygen atoms in total. The highest BCUT2D eigenvalue weighted by Crippen LogP contribution is 2.14. The van der Waals surface area contributed by atoms with Gasteiger partial charge in [0.15, 0.2) is 11.6 Å². The van der Waals surface area contributed by atoms with E-state index < -0.39 is 5.82 Å². The predicted molar refractivity (Wildman–Crippen MR) is 79.4 cm³/mol. The molecule has 0 aliphatic carbocycles. The lowest BCUT2D eigenvalue weighted by Crippen LogP contribution is -2.44. The molecule has 1 aromatic rings. The lowest BCUT2D eigenvalue weighted by Gasteiger charge is -2.23. The zero-order chi connectivity index (χ0) is 14.2. The average Bonchev–Trinajstić information content (AvgIpc) is 2.46.